The van der Waals surface area contributed by atoms with E-state index in [0.717, 1.165) is 0 Å². The molecule has 2 N–H and O–H groups in total. The molecular weight excluding hydrogens is 412 g/mol. The number of amides is 1. The molecule has 1 unspecified atom stereocenters. The van der Waals surface area contributed by atoms with Crippen molar-refractivity contribution in [1.82, 2.24) is 19.9 Å². The second kappa shape index (κ2) is 9.95. The molecule has 0 saturated heterocycles. The molecule has 1 atom stereocenters. The zero-order valence-electron chi connectivity index (χ0n) is 18.4. The number of carboxylic acids is 1. The monoisotopic (exact) mass is 438 g/mol. The third-order valence-electron chi connectivity index (χ3n) is 4.84. The van der Waals surface area contributed by atoms with Gasteiger partial charge < -0.3 is 19.9 Å². The second-order valence-electron chi connectivity index (χ2n) is 7.56. The Morgan fingerprint density at radius 1 is 1.09 bits per heavy atom. The molecule has 32 heavy (non-hydrogen) atoms. The van der Waals surface area contributed by atoms with E-state index < -0.39 is 17.9 Å². The van der Waals surface area contributed by atoms with Gasteiger partial charge in [-0.3, -0.25) is 14.3 Å². The molecule has 9 heteroatoms. The number of hydrogen-bond donors (Lipinski definition) is 2. The van der Waals surface area contributed by atoms with E-state index in [0.29, 0.717) is 35.0 Å². The average Bonchev–Trinajstić information content (AvgIpc) is 3.23. The van der Waals surface area contributed by atoms with Crippen LogP contribution >= 0.6 is 0 Å². The van der Waals surface area contributed by atoms with E-state index in [-0.39, 0.29) is 11.6 Å². The fourth-order valence-electron chi connectivity index (χ4n) is 3.36. The Labute approximate surface area is 186 Å². The van der Waals surface area contributed by atoms with Crippen molar-refractivity contribution < 1.29 is 24.2 Å². The van der Waals surface area contributed by atoms with Crippen molar-refractivity contribution >= 4 is 11.9 Å². The number of rotatable bonds is 9. The Kier molecular flexibility index (Phi) is 7.09. The van der Waals surface area contributed by atoms with E-state index in [1.54, 1.807) is 53.5 Å². The van der Waals surface area contributed by atoms with Gasteiger partial charge in [-0.25, -0.2) is 9.78 Å². The normalized spacial score (nSPS) is 11.8. The number of carbonyl (C=O) groups is 2. The quantitative estimate of drug-likeness (QED) is 0.527. The van der Waals surface area contributed by atoms with Crippen molar-refractivity contribution in [3.8, 4) is 28.6 Å². The number of aromatic nitrogens is 3. The summed E-state index contributed by atoms with van der Waals surface area (Å²) in [7, 11) is 3.07. The number of aliphatic carboxylic acids is 1. The Balaban J connectivity index is 2.12. The summed E-state index contributed by atoms with van der Waals surface area (Å²) in [5.41, 5.74) is 1.34. The lowest BCUT2D eigenvalue weighted by atomic mass is 10.0. The van der Waals surface area contributed by atoms with Gasteiger partial charge in [0, 0.05) is 18.6 Å². The minimum Gasteiger partial charge on any atom is -0.496 e. The number of carbonyl (C=O) groups excluding carboxylic acids is 1. The first kappa shape index (κ1) is 22.8. The first-order valence-corrected chi connectivity index (χ1v) is 10.1. The van der Waals surface area contributed by atoms with Gasteiger partial charge in [-0.15, -0.1) is 0 Å². The highest BCUT2D eigenvalue weighted by molar-refractivity contribution is 5.95. The molecule has 0 saturated carbocycles. The van der Waals surface area contributed by atoms with Gasteiger partial charge in [0.2, 0.25) is 0 Å². The van der Waals surface area contributed by atoms with Gasteiger partial charge in [-0.2, -0.15) is 0 Å². The third-order valence-corrected chi connectivity index (χ3v) is 4.84. The topological polar surface area (TPSA) is 116 Å². The molecular formula is C23H26N4O5. The zero-order chi connectivity index (χ0) is 23.3. The van der Waals surface area contributed by atoms with Crippen molar-refractivity contribution in [2.24, 2.45) is 5.92 Å². The van der Waals surface area contributed by atoms with Crippen LogP contribution in [0.5, 0.6) is 11.5 Å². The second-order valence-corrected chi connectivity index (χ2v) is 7.56. The first-order valence-electron chi connectivity index (χ1n) is 10.1. The van der Waals surface area contributed by atoms with Crippen LogP contribution in [0.25, 0.3) is 17.1 Å². The van der Waals surface area contributed by atoms with Crippen LogP contribution < -0.4 is 14.8 Å². The zero-order valence-corrected chi connectivity index (χ0v) is 18.4. The van der Waals surface area contributed by atoms with Crippen LogP contribution in [0.3, 0.4) is 0 Å². The van der Waals surface area contributed by atoms with E-state index in [2.05, 4.69) is 15.3 Å². The molecule has 9 nitrogen and oxygen atoms in total. The average molecular weight is 438 g/mol. The van der Waals surface area contributed by atoms with Crippen molar-refractivity contribution in [3.63, 3.8) is 0 Å². The lowest BCUT2D eigenvalue weighted by Gasteiger charge is -2.15. The maximum absolute atomic E-state index is 13.0. The van der Waals surface area contributed by atoms with Crippen LogP contribution in [-0.2, 0) is 4.79 Å². The minimum atomic E-state index is -1.09. The molecule has 0 fully saturated rings. The Hall–Kier alpha value is -3.88. The maximum atomic E-state index is 13.0. The highest BCUT2D eigenvalue weighted by Gasteiger charge is 2.26. The third kappa shape index (κ3) is 4.88. The highest BCUT2D eigenvalue weighted by Crippen LogP contribution is 2.38. The van der Waals surface area contributed by atoms with Gasteiger partial charge in [0.1, 0.15) is 28.8 Å². The number of benzene rings is 1. The summed E-state index contributed by atoms with van der Waals surface area (Å²) in [6.45, 7) is 3.79. The van der Waals surface area contributed by atoms with Gasteiger partial charge in [0.25, 0.3) is 5.91 Å². The van der Waals surface area contributed by atoms with Gasteiger partial charge in [0.05, 0.1) is 19.9 Å². The largest absolute Gasteiger partial charge is 0.496 e. The van der Waals surface area contributed by atoms with Crippen LogP contribution in [-0.4, -0.2) is 51.8 Å². The Morgan fingerprint density at radius 2 is 1.72 bits per heavy atom. The predicted octanol–water partition coefficient (Wildman–Crippen LogP) is 3.18. The Bertz CT molecular complexity index is 1070. The van der Waals surface area contributed by atoms with Gasteiger partial charge in [-0.1, -0.05) is 19.9 Å². The first-order chi connectivity index (χ1) is 15.3. The number of imidazole rings is 1. The summed E-state index contributed by atoms with van der Waals surface area (Å²) >= 11 is 0. The smallest absolute Gasteiger partial charge is 0.326 e. The fraction of sp³-hybridized carbons (Fsp3) is 0.304. The van der Waals surface area contributed by atoms with Gasteiger partial charge >= 0.3 is 5.97 Å². The summed E-state index contributed by atoms with van der Waals surface area (Å²) in [5, 5.41) is 12.1. The molecule has 2 heterocycles. The van der Waals surface area contributed by atoms with Crippen LogP contribution in [0.15, 0.2) is 48.9 Å². The summed E-state index contributed by atoms with van der Waals surface area (Å²) in [5.74, 6) is -0.139. The lowest BCUT2D eigenvalue weighted by molar-refractivity contribution is -0.139. The summed E-state index contributed by atoms with van der Waals surface area (Å²) in [4.78, 5) is 33.1. The van der Waals surface area contributed by atoms with Crippen LogP contribution in [0.4, 0.5) is 0 Å². The standard InChI is InChI=1S/C23H26N4O5/c1-14(2)12-16(23(29)30)26-22(28)17-13-27(15-8-10-24-11-9-15)21(25-17)20-18(31-3)6-5-7-19(20)32-4/h5-11,13-14,16H,12H2,1-4H3,(H,26,28)(H,29,30). The van der Waals surface area contributed by atoms with Crippen LogP contribution in [0, 0.1) is 5.92 Å². The molecule has 2 aromatic heterocycles. The fourth-order valence-corrected chi connectivity index (χ4v) is 3.36. The number of nitrogens with one attached hydrogen (secondary N) is 1. The van der Waals surface area contributed by atoms with Crippen LogP contribution in [0.1, 0.15) is 30.8 Å². The van der Waals surface area contributed by atoms with Crippen molar-refractivity contribution in [1.29, 1.82) is 0 Å². The summed E-state index contributed by atoms with van der Waals surface area (Å²) in [6.07, 6.45) is 5.11. The van der Waals surface area contributed by atoms with E-state index in [4.69, 9.17) is 9.47 Å². The van der Waals surface area contributed by atoms with E-state index in [1.807, 2.05) is 13.8 Å². The molecule has 3 aromatic rings. The molecule has 3 rings (SSSR count). The highest BCUT2D eigenvalue weighted by atomic mass is 16.5. The molecule has 0 aliphatic rings. The SMILES string of the molecule is COc1cccc(OC)c1-c1nc(C(=O)NC(CC(C)C)C(=O)O)cn1-c1ccncc1. The van der Waals surface area contributed by atoms with Crippen LogP contribution in [0.2, 0.25) is 0 Å². The predicted molar refractivity (Wildman–Crippen MR) is 118 cm³/mol. The number of nitrogens with zero attached hydrogens (tertiary/aromatic N) is 3. The molecule has 0 radical (unpaired) electrons. The van der Waals surface area contributed by atoms with E-state index in [9.17, 15) is 14.7 Å². The number of carboxylic acid groups (broad SMARTS) is 1. The molecule has 0 bridgehead atoms. The minimum absolute atomic E-state index is 0.0692. The van der Waals surface area contributed by atoms with E-state index >= 15 is 0 Å². The number of ether oxygens (including phenoxy) is 2. The molecule has 0 spiro atoms. The van der Waals surface area contributed by atoms with E-state index in [1.165, 1.54) is 14.2 Å². The van der Waals surface area contributed by atoms with Crippen molar-refractivity contribution in [2.45, 2.75) is 26.3 Å². The molecule has 168 valence electrons. The number of pyridine rings is 1. The Morgan fingerprint density at radius 3 is 2.25 bits per heavy atom. The molecule has 0 aliphatic heterocycles. The molecule has 0 aliphatic carbocycles. The maximum Gasteiger partial charge on any atom is 0.326 e. The van der Waals surface area contributed by atoms with Crippen molar-refractivity contribution in [3.05, 3.63) is 54.6 Å². The summed E-state index contributed by atoms with van der Waals surface area (Å²) in [6, 6.07) is 7.86. The van der Waals surface area contributed by atoms with Crippen molar-refractivity contribution in [2.75, 3.05) is 14.2 Å². The summed E-state index contributed by atoms with van der Waals surface area (Å²) < 4.78 is 12.8. The molecule has 1 amide bonds. The number of hydrogen-bond acceptors (Lipinski definition) is 6. The van der Waals surface area contributed by atoms with Gasteiger partial charge in [0.15, 0.2) is 5.82 Å². The van der Waals surface area contributed by atoms with Gasteiger partial charge in [-0.05, 0) is 36.6 Å². The molecule has 1 aromatic carbocycles. The number of methoxy groups -OCH3 is 2. The lowest BCUT2D eigenvalue weighted by Crippen LogP contribution is -2.41.